The zero-order chi connectivity index (χ0) is 15.3. The molecule has 0 saturated heterocycles. The Morgan fingerprint density at radius 2 is 1.91 bits per heavy atom. The largest absolute Gasteiger partial charge is 0.352 e. The molecule has 1 aromatic carbocycles. The predicted octanol–water partition coefficient (Wildman–Crippen LogP) is 3.33. The van der Waals surface area contributed by atoms with Crippen LogP contribution in [0, 0.1) is 0 Å². The van der Waals surface area contributed by atoms with E-state index in [9.17, 15) is 4.79 Å². The fourth-order valence-electron chi connectivity index (χ4n) is 2.91. The quantitative estimate of drug-likeness (QED) is 0.859. The summed E-state index contributed by atoms with van der Waals surface area (Å²) in [6, 6.07) is 16.1. The zero-order valence-electron chi connectivity index (χ0n) is 12.5. The molecule has 1 saturated carbocycles. The third-order valence-corrected chi connectivity index (χ3v) is 4.39. The van der Waals surface area contributed by atoms with Crippen molar-refractivity contribution < 1.29 is 4.79 Å². The fraction of sp³-hybridized carbons (Fsp3) is 0.263. The van der Waals surface area contributed by atoms with E-state index in [2.05, 4.69) is 34.6 Å². The summed E-state index contributed by atoms with van der Waals surface area (Å²) in [5, 5.41) is 3.04. The van der Waals surface area contributed by atoms with Crippen LogP contribution >= 0.6 is 0 Å². The number of hydrogen-bond acceptors (Lipinski definition) is 2. The molecule has 0 bridgehead atoms. The molecule has 22 heavy (non-hydrogen) atoms. The monoisotopic (exact) mass is 292 g/mol. The number of hydrogen-bond donors (Lipinski definition) is 1. The lowest BCUT2D eigenvalue weighted by atomic mass is 9.64. The lowest BCUT2D eigenvalue weighted by Gasteiger charge is -2.42. The maximum Gasteiger partial charge on any atom is 0.244 e. The Balaban J connectivity index is 1.59. The van der Waals surface area contributed by atoms with Gasteiger partial charge in [0.2, 0.25) is 5.91 Å². The van der Waals surface area contributed by atoms with Gasteiger partial charge in [0, 0.05) is 24.2 Å². The standard InChI is InChI=1S/C19H20N2O/c22-18(11-10-17-9-4-5-14-20-17)21-15-19(12-6-13-19)16-7-2-1-3-8-16/h1-5,7-11,14H,6,12-13,15H2,(H,21,22)/b11-10+. The summed E-state index contributed by atoms with van der Waals surface area (Å²) in [5.74, 6) is -0.0622. The van der Waals surface area contributed by atoms with Gasteiger partial charge >= 0.3 is 0 Å². The van der Waals surface area contributed by atoms with Crippen LogP contribution in [-0.2, 0) is 10.2 Å². The van der Waals surface area contributed by atoms with Crippen molar-refractivity contribution in [1.82, 2.24) is 10.3 Å². The second-order valence-electron chi connectivity index (χ2n) is 5.81. The van der Waals surface area contributed by atoms with Gasteiger partial charge < -0.3 is 5.32 Å². The number of amides is 1. The van der Waals surface area contributed by atoms with Gasteiger partial charge in [-0.1, -0.05) is 42.8 Å². The number of rotatable bonds is 5. The Morgan fingerprint density at radius 1 is 1.14 bits per heavy atom. The Labute approximate surface area is 131 Å². The summed E-state index contributed by atoms with van der Waals surface area (Å²) in [6.45, 7) is 0.697. The highest BCUT2D eigenvalue weighted by Gasteiger charge is 2.38. The van der Waals surface area contributed by atoms with Crippen LogP contribution in [0.5, 0.6) is 0 Å². The highest BCUT2D eigenvalue weighted by Crippen LogP contribution is 2.43. The van der Waals surface area contributed by atoms with Gasteiger partial charge in [0.1, 0.15) is 0 Å². The second-order valence-corrected chi connectivity index (χ2v) is 5.81. The summed E-state index contributed by atoms with van der Waals surface area (Å²) < 4.78 is 0. The van der Waals surface area contributed by atoms with Crippen molar-refractivity contribution in [3.8, 4) is 0 Å². The topological polar surface area (TPSA) is 42.0 Å². The first-order valence-electron chi connectivity index (χ1n) is 7.71. The summed E-state index contributed by atoms with van der Waals surface area (Å²) in [6.07, 6.45) is 8.53. The van der Waals surface area contributed by atoms with E-state index in [1.165, 1.54) is 12.0 Å². The minimum Gasteiger partial charge on any atom is -0.352 e. The number of nitrogens with zero attached hydrogens (tertiary/aromatic N) is 1. The number of carbonyl (C=O) groups excluding carboxylic acids is 1. The van der Waals surface area contributed by atoms with Gasteiger partial charge in [0.25, 0.3) is 0 Å². The average molecular weight is 292 g/mol. The smallest absolute Gasteiger partial charge is 0.244 e. The van der Waals surface area contributed by atoms with Crippen LogP contribution in [0.15, 0.2) is 60.8 Å². The molecule has 112 valence electrons. The summed E-state index contributed by atoms with van der Waals surface area (Å²) in [7, 11) is 0. The lowest BCUT2D eigenvalue weighted by molar-refractivity contribution is -0.116. The Bertz CT molecular complexity index is 646. The van der Waals surface area contributed by atoms with E-state index in [1.54, 1.807) is 18.3 Å². The Kier molecular flexibility index (Phi) is 4.33. The van der Waals surface area contributed by atoms with Gasteiger partial charge in [0.15, 0.2) is 0 Å². The van der Waals surface area contributed by atoms with Crippen LogP contribution < -0.4 is 5.32 Å². The van der Waals surface area contributed by atoms with Crippen LogP contribution in [0.3, 0.4) is 0 Å². The summed E-state index contributed by atoms with van der Waals surface area (Å²) >= 11 is 0. The molecule has 1 aliphatic rings. The molecule has 1 heterocycles. The van der Waals surface area contributed by atoms with E-state index >= 15 is 0 Å². The number of benzene rings is 1. The van der Waals surface area contributed by atoms with E-state index in [1.807, 2.05) is 24.3 Å². The zero-order valence-corrected chi connectivity index (χ0v) is 12.5. The van der Waals surface area contributed by atoms with E-state index in [0.29, 0.717) is 6.54 Å². The van der Waals surface area contributed by atoms with Crippen molar-refractivity contribution in [3.63, 3.8) is 0 Å². The van der Waals surface area contributed by atoms with Crippen molar-refractivity contribution in [2.24, 2.45) is 0 Å². The first-order chi connectivity index (χ1) is 10.8. The van der Waals surface area contributed by atoms with Gasteiger partial charge in [-0.2, -0.15) is 0 Å². The van der Waals surface area contributed by atoms with Gasteiger partial charge in [0.05, 0.1) is 5.69 Å². The molecule has 1 fully saturated rings. The van der Waals surface area contributed by atoms with Gasteiger partial charge in [-0.05, 0) is 36.6 Å². The summed E-state index contributed by atoms with van der Waals surface area (Å²) in [4.78, 5) is 16.2. The molecule has 3 nitrogen and oxygen atoms in total. The SMILES string of the molecule is O=C(/C=C/c1ccccn1)NCC1(c2ccccc2)CCC1. The van der Waals surface area contributed by atoms with Crippen molar-refractivity contribution in [1.29, 1.82) is 0 Å². The molecule has 0 radical (unpaired) electrons. The fourth-order valence-corrected chi connectivity index (χ4v) is 2.91. The first-order valence-corrected chi connectivity index (χ1v) is 7.71. The molecule has 3 heteroatoms. The van der Waals surface area contributed by atoms with Crippen molar-refractivity contribution in [3.05, 3.63) is 72.1 Å². The molecule has 1 aliphatic carbocycles. The maximum atomic E-state index is 12.0. The molecule has 1 N–H and O–H groups in total. The average Bonchev–Trinajstić information content (AvgIpc) is 2.54. The van der Waals surface area contributed by atoms with Gasteiger partial charge in [-0.3, -0.25) is 9.78 Å². The van der Waals surface area contributed by atoms with E-state index in [0.717, 1.165) is 18.5 Å². The van der Waals surface area contributed by atoms with Crippen LogP contribution in [-0.4, -0.2) is 17.4 Å². The molecule has 0 atom stereocenters. The van der Waals surface area contributed by atoms with Crippen LogP contribution in [0.1, 0.15) is 30.5 Å². The van der Waals surface area contributed by atoms with Crippen molar-refractivity contribution in [2.75, 3.05) is 6.54 Å². The normalized spacial score (nSPS) is 16.2. The van der Waals surface area contributed by atoms with Crippen LogP contribution in [0.4, 0.5) is 0 Å². The maximum absolute atomic E-state index is 12.0. The van der Waals surface area contributed by atoms with Gasteiger partial charge in [-0.15, -0.1) is 0 Å². The first kappa shape index (κ1) is 14.5. The van der Waals surface area contributed by atoms with Gasteiger partial charge in [-0.25, -0.2) is 0 Å². The predicted molar refractivity (Wildman–Crippen MR) is 88.3 cm³/mol. The van der Waals surface area contributed by atoms with Crippen molar-refractivity contribution in [2.45, 2.75) is 24.7 Å². The lowest BCUT2D eigenvalue weighted by Crippen LogP contribution is -2.45. The van der Waals surface area contributed by atoms with E-state index in [4.69, 9.17) is 0 Å². The minimum absolute atomic E-state index is 0.0622. The molecule has 0 unspecified atom stereocenters. The highest BCUT2D eigenvalue weighted by molar-refractivity contribution is 5.91. The van der Waals surface area contributed by atoms with Crippen LogP contribution in [0.25, 0.3) is 6.08 Å². The third-order valence-electron chi connectivity index (χ3n) is 4.39. The molecule has 0 aliphatic heterocycles. The second kappa shape index (κ2) is 6.56. The van der Waals surface area contributed by atoms with Crippen LogP contribution in [0.2, 0.25) is 0 Å². The minimum atomic E-state index is -0.0622. The molecule has 1 amide bonds. The molecule has 3 rings (SSSR count). The number of aromatic nitrogens is 1. The Morgan fingerprint density at radius 3 is 2.55 bits per heavy atom. The third kappa shape index (κ3) is 3.25. The molecule has 1 aromatic heterocycles. The number of carbonyl (C=O) groups is 1. The van der Waals surface area contributed by atoms with E-state index in [-0.39, 0.29) is 11.3 Å². The summed E-state index contributed by atoms with van der Waals surface area (Å²) in [5.41, 5.74) is 2.24. The number of pyridine rings is 1. The van der Waals surface area contributed by atoms with E-state index < -0.39 is 0 Å². The molecule has 0 spiro atoms. The molecule has 2 aromatic rings. The molecular formula is C19H20N2O. The molecular weight excluding hydrogens is 272 g/mol. The number of nitrogens with one attached hydrogen (secondary N) is 1. The Hall–Kier alpha value is -2.42. The van der Waals surface area contributed by atoms with Crippen molar-refractivity contribution >= 4 is 12.0 Å². The highest BCUT2D eigenvalue weighted by atomic mass is 16.1.